The van der Waals surface area contributed by atoms with Gasteiger partial charge in [-0.15, -0.1) is 0 Å². The number of pyridine rings is 1. The number of amidine groups is 1. The zero-order valence-corrected chi connectivity index (χ0v) is 12.5. The summed E-state index contributed by atoms with van der Waals surface area (Å²) in [5.74, 6) is 1.22. The molecule has 1 N–H and O–H groups in total. The molecule has 1 spiro atoms. The van der Waals surface area contributed by atoms with Gasteiger partial charge in [0.25, 0.3) is 0 Å². The van der Waals surface area contributed by atoms with Crippen LogP contribution in [0, 0.1) is 19.3 Å². The van der Waals surface area contributed by atoms with Gasteiger partial charge in [-0.05, 0) is 44.2 Å². The first kappa shape index (κ1) is 13.0. The van der Waals surface area contributed by atoms with Gasteiger partial charge in [-0.2, -0.15) is 0 Å². The molecule has 0 atom stereocenters. The van der Waals surface area contributed by atoms with E-state index in [1.54, 1.807) is 0 Å². The molecule has 2 aliphatic rings. The highest BCUT2D eigenvalue weighted by atomic mass is 32.2. The van der Waals surface area contributed by atoms with Crippen molar-refractivity contribution in [3.05, 3.63) is 23.5 Å². The quantitative estimate of drug-likeness (QED) is 0.847. The van der Waals surface area contributed by atoms with Gasteiger partial charge in [-0.3, -0.25) is 9.98 Å². The Bertz CT molecular complexity index is 504. The van der Waals surface area contributed by atoms with E-state index in [0.717, 1.165) is 28.8 Å². The largest absolute Gasteiger partial charge is 0.334 e. The van der Waals surface area contributed by atoms with Crippen LogP contribution in [0.1, 0.15) is 37.1 Å². The van der Waals surface area contributed by atoms with Crippen LogP contribution in [0.3, 0.4) is 0 Å². The molecule has 1 aliphatic carbocycles. The Balaban J connectivity index is 1.69. The van der Waals surface area contributed by atoms with Crippen molar-refractivity contribution >= 4 is 22.6 Å². The van der Waals surface area contributed by atoms with Gasteiger partial charge in [-0.25, -0.2) is 0 Å². The van der Waals surface area contributed by atoms with Crippen LogP contribution in [0.4, 0.5) is 5.69 Å². The number of anilines is 1. The Morgan fingerprint density at radius 2 is 2.00 bits per heavy atom. The average Bonchev–Trinajstić information content (AvgIpc) is 2.84. The van der Waals surface area contributed by atoms with Crippen LogP contribution in [-0.4, -0.2) is 22.4 Å². The maximum atomic E-state index is 4.76. The summed E-state index contributed by atoms with van der Waals surface area (Å²) in [4.78, 5) is 9.25. The summed E-state index contributed by atoms with van der Waals surface area (Å²) < 4.78 is 0. The predicted molar refractivity (Wildman–Crippen MR) is 83.0 cm³/mol. The summed E-state index contributed by atoms with van der Waals surface area (Å²) in [7, 11) is 0. The number of hydrogen-bond acceptors (Lipinski definition) is 4. The zero-order chi connectivity index (χ0) is 13.3. The summed E-state index contributed by atoms with van der Waals surface area (Å²) >= 11 is 1.88. The van der Waals surface area contributed by atoms with E-state index < -0.39 is 0 Å². The lowest BCUT2D eigenvalue weighted by Crippen LogP contribution is -2.30. The van der Waals surface area contributed by atoms with Crippen LogP contribution >= 0.6 is 11.8 Å². The summed E-state index contributed by atoms with van der Waals surface area (Å²) in [5, 5.41) is 4.49. The molecule has 19 heavy (non-hydrogen) atoms. The van der Waals surface area contributed by atoms with Gasteiger partial charge in [0.1, 0.15) is 0 Å². The lowest BCUT2D eigenvalue weighted by molar-refractivity contribution is 0.359. The van der Waals surface area contributed by atoms with Crippen molar-refractivity contribution < 1.29 is 0 Å². The molecule has 2 heterocycles. The van der Waals surface area contributed by atoms with E-state index in [-0.39, 0.29) is 0 Å². The van der Waals surface area contributed by atoms with Crippen molar-refractivity contribution in [3.63, 3.8) is 0 Å². The number of rotatable bonds is 1. The van der Waals surface area contributed by atoms with E-state index in [1.165, 1.54) is 31.4 Å². The summed E-state index contributed by atoms with van der Waals surface area (Å²) in [6.45, 7) is 5.07. The Labute approximate surface area is 119 Å². The molecule has 1 fully saturated rings. The fourth-order valence-electron chi connectivity index (χ4n) is 2.99. The minimum atomic E-state index is 0.510. The SMILES string of the molecule is Cc1ccc(NC2=NCC3(CCCC3)CS2)c(C)n1. The molecule has 0 saturated heterocycles. The van der Waals surface area contributed by atoms with E-state index in [9.17, 15) is 0 Å². The molecule has 1 aromatic rings. The van der Waals surface area contributed by atoms with Crippen molar-refractivity contribution in [2.75, 3.05) is 17.6 Å². The van der Waals surface area contributed by atoms with Gasteiger partial charge >= 0.3 is 0 Å². The first-order valence-corrected chi connectivity index (χ1v) is 8.04. The van der Waals surface area contributed by atoms with Crippen LogP contribution < -0.4 is 5.32 Å². The molecule has 0 radical (unpaired) electrons. The maximum Gasteiger partial charge on any atom is 0.161 e. The van der Waals surface area contributed by atoms with E-state index >= 15 is 0 Å². The number of thioether (sulfide) groups is 1. The van der Waals surface area contributed by atoms with Crippen LogP contribution in [0.15, 0.2) is 17.1 Å². The molecular formula is C15H21N3S. The highest BCUT2D eigenvalue weighted by Gasteiger charge is 2.36. The lowest BCUT2D eigenvalue weighted by Gasteiger charge is -2.31. The molecule has 1 aliphatic heterocycles. The van der Waals surface area contributed by atoms with Crippen molar-refractivity contribution in [1.29, 1.82) is 0 Å². The standard InChI is InChI=1S/C15H21N3S/c1-11-5-6-13(12(2)17-11)18-14-16-9-15(10-19-14)7-3-4-8-15/h5-6H,3-4,7-10H2,1-2H3,(H,16,18). The van der Waals surface area contributed by atoms with Crippen LogP contribution in [0.25, 0.3) is 0 Å². The molecule has 0 aromatic carbocycles. The molecule has 0 unspecified atom stereocenters. The first-order valence-electron chi connectivity index (χ1n) is 7.05. The van der Waals surface area contributed by atoms with Crippen molar-refractivity contribution in [3.8, 4) is 0 Å². The molecule has 3 nitrogen and oxygen atoms in total. The first-order chi connectivity index (χ1) is 9.17. The molecular weight excluding hydrogens is 254 g/mol. The van der Waals surface area contributed by atoms with E-state index in [1.807, 2.05) is 31.7 Å². The number of aliphatic imine (C=N–C) groups is 1. The minimum Gasteiger partial charge on any atom is -0.334 e. The third kappa shape index (κ3) is 2.78. The Hall–Kier alpha value is -1.03. The zero-order valence-electron chi connectivity index (χ0n) is 11.7. The average molecular weight is 275 g/mol. The van der Waals surface area contributed by atoms with E-state index in [0.29, 0.717) is 5.41 Å². The number of aromatic nitrogens is 1. The van der Waals surface area contributed by atoms with Crippen LogP contribution in [-0.2, 0) is 0 Å². The van der Waals surface area contributed by atoms with Gasteiger partial charge in [0, 0.05) is 18.0 Å². The molecule has 3 rings (SSSR count). The smallest absolute Gasteiger partial charge is 0.161 e. The Morgan fingerprint density at radius 3 is 2.63 bits per heavy atom. The normalized spacial score (nSPS) is 21.5. The second kappa shape index (κ2) is 5.16. The van der Waals surface area contributed by atoms with Gasteiger partial charge in [0.05, 0.1) is 11.4 Å². The molecule has 0 amide bonds. The second-order valence-corrected chi connectivity index (χ2v) is 6.79. The van der Waals surface area contributed by atoms with Gasteiger partial charge in [0.15, 0.2) is 5.17 Å². The van der Waals surface area contributed by atoms with Gasteiger partial charge in [0.2, 0.25) is 0 Å². The monoisotopic (exact) mass is 275 g/mol. The second-order valence-electron chi connectivity index (χ2n) is 5.83. The van der Waals surface area contributed by atoms with E-state index in [2.05, 4.69) is 16.4 Å². The predicted octanol–water partition coefficient (Wildman–Crippen LogP) is 3.77. The van der Waals surface area contributed by atoms with Gasteiger partial charge < -0.3 is 5.32 Å². The minimum absolute atomic E-state index is 0.510. The van der Waals surface area contributed by atoms with E-state index in [4.69, 9.17) is 4.99 Å². The van der Waals surface area contributed by atoms with Gasteiger partial charge in [-0.1, -0.05) is 24.6 Å². The Kier molecular flexibility index (Phi) is 3.52. The van der Waals surface area contributed by atoms with Crippen LogP contribution in [0.2, 0.25) is 0 Å². The van der Waals surface area contributed by atoms with Crippen molar-refractivity contribution in [2.45, 2.75) is 39.5 Å². The molecule has 0 bridgehead atoms. The molecule has 102 valence electrons. The Morgan fingerprint density at radius 1 is 1.21 bits per heavy atom. The number of nitrogens with one attached hydrogen (secondary N) is 1. The van der Waals surface area contributed by atoms with Crippen molar-refractivity contribution in [2.24, 2.45) is 10.4 Å². The van der Waals surface area contributed by atoms with Crippen LogP contribution in [0.5, 0.6) is 0 Å². The fourth-order valence-corrected chi connectivity index (χ4v) is 4.15. The van der Waals surface area contributed by atoms with Crippen molar-refractivity contribution in [1.82, 2.24) is 4.98 Å². The lowest BCUT2D eigenvalue weighted by atomic mass is 9.89. The fraction of sp³-hybridized carbons (Fsp3) is 0.600. The third-order valence-corrected chi connectivity index (χ3v) is 5.47. The number of aryl methyl sites for hydroxylation is 2. The highest BCUT2D eigenvalue weighted by molar-refractivity contribution is 8.14. The summed E-state index contributed by atoms with van der Waals surface area (Å²) in [6.07, 6.45) is 5.50. The number of hydrogen-bond donors (Lipinski definition) is 1. The highest BCUT2D eigenvalue weighted by Crippen LogP contribution is 2.43. The maximum absolute atomic E-state index is 4.76. The third-order valence-electron chi connectivity index (χ3n) is 4.20. The summed E-state index contributed by atoms with van der Waals surface area (Å²) in [6, 6.07) is 4.14. The topological polar surface area (TPSA) is 37.3 Å². The summed E-state index contributed by atoms with van der Waals surface area (Å²) in [5.41, 5.74) is 3.70. The molecule has 1 aromatic heterocycles. The molecule has 4 heteroatoms. The molecule has 1 saturated carbocycles. The number of nitrogens with zero attached hydrogens (tertiary/aromatic N) is 2.